The second-order valence-corrected chi connectivity index (χ2v) is 7.02. The summed E-state index contributed by atoms with van der Waals surface area (Å²) in [6.07, 6.45) is 1.22. The maximum Gasteiger partial charge on any atom is 0.216 e. The van der Waals surface area contributed by atoms with Gasteiger partial charge in [-0.05, 0) is 17.4 Å². The summed E-state index contributed by atoms with van der Waals surface area (Å²) in [6.45, 7) is 5.86. The van der Waals surface area contributed by atoms with Crippen LogP contribution in [0.3, 0.4) is 0 Å². The van der Waals surface area contributed by atoms with Gasteiger partial charge in [-0.15, -0.1) is 21.5 Å². The van der Waals surface area contributed by atoms with Gasteiger partial charge in [0.25, 0.3) is 0 Å². The van der Waals surface area contributed by atoms with Crippen molar-refractivity contribution in [3.05, 3.63) is 34.2 Å². The normalized spacial score (nSPS) is 29.1. The quantitative estimate of drug-likeness (QED) is 0.866. The van der Waals surface area contributed by atoms with E-state index in [4.69, 9.17) is 9.15 Å². The Labute approximate surface area is 127 Å². The summed E-state index contributed by atoms with van der Waals surface area (Å²) >= 11 is 1.83. The molecule has 3 atom stereocenters. The first-order valence-corrected chi connectivity index (χ1v) is 8.31. The van der Waals surface area contributed by atoms with E-state index in [0.717, 1.165) is 38.6 Å². The Kier molecular flexibility index (Phi) is 3.52. The molecule has 21 heavy (non-hydrogen) atoms. The molecule has 0 bridgehead atoms. The Morgan fingerprint density at radius 1 is 1.38 bits per heavy atom. The molecular weight excluding hydrogens is 286 g/mol. The lowest BCUT2D eigenvalue weighted by molar-refractivity contribution is 0.0937. The van der Waals surface area contributed by atoms with Crippen molar-refractivity contribution in [3.63, 3.8) is 0 Å². The lowest BCUT2D eigenvalue weighted by Gasteiger charge is -2.18. The SMILES string of the molecule is Cc1nnc(C[C@@H]2CO[C@@H]3CN(Cc4cccs4)C[C@H]23)o1. The minimum absolute atomic E-state index is 0.374. The number of likely N-dealkylation sites (tertiary alicyclic amines) is 1. The summed E-state index contributed by atoms with van der Waals surface area (Å²) in [6, 6.07) is 4.33. The van der Waals surface area contributed by atoms with Crippen molar-refractivity contribution in [2.24, 2.45) is 11.8 Å². The van der Waals surface area contributed by atoms with Crippen LogP contribution in [0.4, 0.5) is 0 Å². The highest BCUT2D eigenvalue weighted by molar-refractivity contribution is 7.09. The van der Waals surface area contributed by atoms with Crippen molar-refractivity contribution in [3.8, 4) is 0 Å². The highest BCUT2D eigenvalue weighted by atomic mass is 32.1. The number of rotatable bonds is 4. The Morgan fingerprint density at radius 3 is 3.10 bits per heavy atom. The molecule has 112 valence electrons. The van der Waals surface area contributed by atoms with Gasteiger partial charge in [-0.2, -0.15) is 0 Å². The van der Waals surface area contributed by atoms with E-state index in [0.29, 0.717) is 23.8 Å². The van der Waals surface area contributed by atoms with Crippen LogP contribution in [-0.4, -0.2) is 40.9 Å². The van der Waals surface area contributed by atoms with Crippen molar-refractivity contribution in [1.82, 2.24) is 15.1 Å². The van der Waals surface area contributed by atoms with Gasteiger partial charge >= 0.3 is 0 Å². The summed E-state index contributed by atoms with van der Waals surface area (Å²) in [4.78, 5) is 3.94. The largest absolute Gasteiger partial charge is 0.426 e. The molecule has 0 radical (unpaired) electrons. The van der Waals surface area contributed by atoms with Crippen LogP contribution in [0.15, 0.2) is 21.9 Å². The molecule has 4 heterocycles. The predicted octanol–water partition coefficient (Wildman–Crippen LogP) is 2.13. The monoisotopic (exact) mass is 305 g/mol. The highest BCUT2D eigenvalue weighted by Crippen LogP contribution is 2.36. The van der Waals surface area contributed by atoms with Crippen LogP contribution in [0.25, 0.3) is 0 Å². The zero-order chi connectivity index (χ0) is 14.2. The average molecular weight is 305 g/mol. The van der Waals surface area contributed by atoms with Gasteiger partial charge in [0.1, 0.15) is 0 Å². The molecule has 0 N–H and O–H groups in total. The zero-order valence-corrected chi connectivity index (χ0v) is 12.9. The first-order valence-electron chi connectivity index (χ1n) is 7.43. The van der Waals surface area contributed by atoms with E-state index < -0.39 is 0 Å². The maximum absolute atomic E-state index is 5.99. The second-order valence-electron chi connectivity index (χ2n) is 5.99. The number of hydrogen-bond donors (Lipinski definition) is 0. The first-order chi connectivity index (χ1) is 10.3. The van der Waals surface area contributed by atoms with E-state index in [1.165, 1.54) is 4.88 Å². The Balaban J connectivity index is 1.39. The number of aromatic nitrogens is 2. The van der Waals surface area contributed by atoms with Crippen LogP contribution in [0.5, 0.6) is 0 Å². The third-order valence-corrected chi connectivity index (χ3v) is 5.34. The number of aryl methyl sites for hydroxylation is 1. The number of nitrogens with zero attached hydrogens (tertiary/aromatic N) is 3. The highest BCUT2D eigenvalue weighted by Gasteiger charge is 2.44. The summed E-state index contributed by atoms with van der Waals surface area (Å²) in [5.74, 6) is 2.49. The molecule has 0 unspecified atom stereocenters. The Bertz CT molecular complexity index is 598. The minimum atomic E-state index is 0.374. The molecule has 0 spiro atoms. The van der Waals surface area contributed by atoms with Crippen LogP contribution in [0.1, 0.15) is 16.7 Å². The molecule has 5 nitrogen and oxygen atoms in total. The van der Waals surface area contributed by atoms with E-state index in [1.54, 1.807) is 0 Å². The van der Waals surface area contributed by atoms with E-state index in [1.807, 2.05) is 18.3 Å². The number of fused-ring (bicyclic) bond motifs is 1. The minimum Gasteiger partial charge on any atom is -0.426 e. The van der Waals surface area contributed by atoms with E-state index in [9.17, 15) is 0 Å². The fourth-order valence-electron chi connectivity index (χ4n) is 3.49. The topological polar surface area (TPSA) is 51.4 Å². The lowest BCUT2D eigenvalue weighted by Crippen LogP contribution is -2.24. The van der Waals surface area contributed by atoms with Crippen LogP contribution >= 0.6 is 11.3 Å². The van der Waals surface area contributed by atoms with Crippen LogP contribution in [0.2, 0.25) is 0 Å². The van der Waals surface area contributed by atoms with Crippen molar-refractivity contribution >= 4 is 11.3 Å². The smallest absolute Gasteiger partial charge is 0.216 e. The van der Waals surface area contributed by atoms with Crippen molar-refractivity contribution in [2.75, 3.05) is 19.7 Å². The summed E-state index contributed by atoms with van der Waals surface area (Å²) in [5, 5.41) is 10.2. The second kappa shape index (κ2) is 5.51. The molecule has 2 fully saturated rings. The molecular formula is C15H19N3O2S. The standard InChI is InChI=1S/C15H19N3O2S/c1-10-16-17-15(20-10)5-11-9-19-14-8-18(7-13(11)14)6-12-3-2-4-21-12/h2-4,11,13-14H,5-9H2,1H3/t11-,13-,14-/m1/s1. The van der Waals surface area contributed by atoms with Crippen molar-refractivity contribution in [2.45, 2.75) is 26.0 Å². The molecule has 0 amide bonds. The molecule has 0 saturated carbocycles. The van der Waals surface area contributed by atoms with Gasteiger partial charge in [0.2, 0.25) is 11.8 Å². The van der Waals surface area contributed by atoms with Crippen molar-refractivity contribution < 1.29 is 9.15 Å². The number of ether oxygens (including phenoxy) is 1. The van der Waals surface area contributed by atoms with Crippen molar-refractivity contribution in [1.29, 1.82) is 0 Å². The molecule has 2 aliphatic rings. The van der Waals surface area contributed by atoms with Gasteiger partial charge in [-0.3, -0.25) is 4.90 Å². The average Bonchev–Trinajstić information content (AvgIpc) is 3.19. The lowest BCUT2D eigenvalue weighted by atomic mass is 9.90. The van der Waals surface area contributed by atoms with E-state index in [-0.39, 0.29) is 0 Å². The Hall–Kier alpha value is -1.24. The fraction of sp³-hybridized carbons (Fsp3) is 0.600. The molecule has 0 aromatic carbocycles. The maximum atomic E-state index is 5.99. The molecule has 0 aliphatic carbocycles. The molecule has 2 aromatic heterocycles. The van der Waals surface area contributed by atoms with Gasteiger partial charge in [0.15, 0.2) is 0 Å². The fourth-order valence-corrected chi connectivity index (χ4v) is 4.23. The molecule has 2 aliphatic heterocycles. The zero-order valence-electron chi connectivity index (χ0n) is 12.1. The summed E-state index contributed by atoms with van der Waals surface area (Å²) < 4.78 is 11.5. The van der Waals surface area contributed by atoms with Crippen LogP contribution < -0.4 is 0 Å². The summed E-state index contributed by atoms with van der Waals surface area (Å²) in [7, 11) is 0. The third-order valence-electron chi connectivity index (χ3n) is 4.48. The van der Waals surface area contributed by atoms with E-state index >= 15 is 0 Å². The third kappa shape index (κ3) is 2.75. The van der Waals surface area contributed by atoms with E-state index in [2.05, 4.69) is 32.6 Å². The number of hydrogen-bond acceptors (Lipinski definition) is 6. The van der Waals surface area contributed by atoms with Gasteiger partial charge in [-0.1, -0.05) is 6.07 Å². The van der Waals surface area contributed by atoms with Gasteiger partial charge in [-0.25, -0.2) is 0 Å². The molecule has 4 rings (SSSR count). The molecule has 6 heteroatoms. The molecule has 2 aromatic rings. The van der Waals surface area contributed by atoms with Gasteiger partial charge in [0, 0.05) is 43.8 Å². The summed E-state index contributed by atoms with van der Waals surface area (Å²) in [5.41, 5.74) is 0. The molecule has 2 saturated heterocycles. The Morgan fingerprint density at radius 2 is 2.33 bits per heavy atom. The number of thiophene rings is 1. The predicted molar refractivity (Wildman–Crippen MR) is 79.1 cm³/mol. The van der Waals surface area contributed by atoms with Gasteiger partial charge < -0.3 is 9.15 Å². The van der Waals surface area contributed by atoms with Gasteiger partial charge in [0.05, 0.1) is 12.7 Å². The first kappa shape index (κ1) is 13.4. The van der Waals surface area contributed by atoms with Crippen LogP contribution in [0, 0.1) is 18.8 Å². The van der Waals surface area contributed by atoms with Crippen LogP contribution in [-0.2, 0) is 17.7 Å².